The Kier molecular flexibility index (Phi) is 66.3. The lowest BCUT2D eigenvalue weighted by atomic mass is 9.88. The summed E-state index contributed by atoms with van der Waals surface area (Å²) in [5.74, 6) is 0. The van der Waals surface area contributed by atoms with Gasteiger partial charge in [0, 0.05) is 97.6 Å². The fraction of sp³-hybridized carbons (Fsp3) is 0.582. The van der Waals surface area contributed by atoms with Crippen LogP contribution in [-0.4, -0.2) is 65.0 Å². The minimum atomic E-state index is 0.302. The second-order valence-corrected chi connectivity index (χ2v) is 36.2. The molecule has 8 heterocycles. The molecule has 0 aliphatic heterocycles. The molecule has 0 saturated carbocycles. The Hall–Kier alpha value is -7.93. The summed E-state index contributed by atoms with van der Waals surface area (Å²) < 4.78 is 0. The second kappa shape index (κ2) is 64.6. The summed E-state index contributed by atoms with van der Waals surface area (Å²) in [6.45, 7) is 83.9. The number of nitrogens with zero attached hydrogens (tertiary/aromatic N) is 13. The molecule has 0 radical (unpaired) electrons. The van der Waals surface area contributed by atoms with Crippen molar-refractivity contribution in [2.45, 2.75) is 328 Å². The zero-order valence-corrected chi connectivity index (χ0v) is 78.7. The van der Waals surface area contributed by atoms with E-state index in [1.807, 2.05) is 175 Å². The molecule has 0 atom stereocenters. The Morgan fingerprint density at radius 2 is 0.505 bits per heavy atom. The first-order valence-corrected chi connectivity index (χ1v) is 41.2. The van der Waals surface area contributed by atoms with E-state index < -0.39 is 0 Å². The van der Waals surface area contributed by atoms with Crippen LogP contribution in [-0.2, 0) is 57.8 Å². The van der Waals surface area contributed by atoms with Crippen LogP contribution in [0.5, 0.6) is 0 Å². The van der Waals surface area contributed by atoms with E-state index in [1.54, 1.807) is 50.0 Å². The third-order valence-corrected chi connectivity index (χ3v) is 12.7. The Morgan fingerprint density at radius 1 is 0.189 bits per heavy atom. The molecule has 624 valence electrons. The molecule has 0 unspecified atom stereocenters. The third kappa shape index (κ3) is 85.9. The first-order chi connectivity index (χ1) is 51.7. The Labute approximate surface area is 685 Å². The van der Waals surface area contributed by atoms with Gasteiger partial charge in [-0.25, -0.2) is 29.9 Å². The minimum absolute atomic E-state index is 0.302. The van der Waals surface area contributed by atoms with Crippen molar-refractivity contribution in [1.29, 1.82) is 0 Å². The highest BCUT2D eigenvalue weighted by Gasteiger charge is 2.17. The van der Waals surface area contributed by atoms with Crippen LogP contribution in [0.2, 0.25) is 0 Å². The zero-order chi connectivity index (χ0) is 86.9. The minimum Gasteiger partial charge on any atom is -0.265 e. The van der Waals surface area contributed by atoms with E-state index in [1.165, 1.54) is 27.9 Å². The second-order valence-electron chi connectivity index (χ2n) is 36.2. The molecule has 0 aliphatic rings. The van der Waals surface area contributed by atoms with E-state index in [-0.39, 0.29) is 0 Å². The Bertz CT molecular complexity index is 2620. The standard InChI is InChI=1S/C11H16.3C10H15N.5C9H14N2.6C2H6/c1-11(2,3)9-10-7-5-4-6-8-10;1-10(2,3)8-9-4-6-11-7-5-9;1-10(2,3)7-9-5-4-6-11-8-9;1-10(2,3)8-9-6-4-5-7-11-9;1-9(2,3)4-8-5-10-7-11-6-8;1-9(2,3)6-8-7-10-4-5-11-8;2*1-9(2,3)6-8-4-5-10-7-11-8;1-9(2,3)7-8-5-4-6-10-11-8;6*1-2/h4-8H,9H2,1-3H3;4-7H,8H2,1-3H3;4-6,8H,7H2,1-3H3;4-7H,8H2,1-3H3;5-7H,4H2,1-3H3;3*4-5,7H,6H2,1-3H3;4-6H,7H2,1-3H3;6*1-2H3. The van der Waals surface area contributed by atoms with Gasteiger partial charge >= 0.3 is 0 Å². The van der Waals surface area contributed by atoms with Crippen LogP contribution >= 0.6 is 0 Å². The molecule has 0 amide bonds. The largest absolute Gasteiger partial charge is 0.265 e. The number of hydrogen-bond donors (Lipinski definition) is 0. The smallest absolute Gasteiger partial charge is 0.115 e. The molecule has 13 nitrogen and oxygen atoms in total. The van der Waals surface area contributed by atoms with E-state index in [0.717, 1.165) is 80.6 Å². The molecular formula is C98H167N13. The fourth-order valence-electron chi connectivity index (χ4n) is 9.38. The molecule has 0 bridgehead atoms. The molecule has 0 N–H and O–H groups in total. The van der Waals surface area contributed by atoms with E-state index in [0.29, 0.717) is 48.7 Å². The predicted octanol–water partition coefficient (Wildman–Crippen LogP) is 27.8. The third-order valence-electron chi connectivity index (χ3n) is 12.7. The van der Waals surface area contributed by atoms with Gasteiger partial charge in [0.05, 0.1) is 11.4 Å². The van der Waals surface area contributed by atoms with Crippen LogP contribution in [0.25, 0.3) is 0 Å². The van der Waals surface area contributed by atoms with E-state index >= 15 is 0 Å². The molecule has 0 saturated heterocycles. The number of rotatable bonds is 9. The van der Waals surface area contributed by atoms with Crippen molar-refractivity contribution < 1.29 is 0 Å². The number of aromatic nitrogens is 13. The topological polar surface area (TPSA) is 168 Å². The van der Waals surface area contributed by atoms with Crippen molar-refractivity contribution >= 4 is 0 Å². The first kappa shape index (κ1) is 114. The van der Waals surface area contributed by atoms with Gasteiger partial charge in [-0.3, -0.25) is 24.9 Å². The van der Waals surface area contributed by atoms with Gasteiger partial charge in [-0.2, -0.15) is 10.2 Å². The van der Waals surface area contributed by atoms with Gasteiger partial charge < -0.3 is 0 Å². The average molecular weight is 1530 g/mol. The van der Waals surface area contributed by atoms with Crippen molar-refractivity contribution in [2.75, 3.05) is 0 Å². The molecule has 9 rings (SSSR count). The van der Waals surface area contributed by atoms with Crippen LogP contribution in [0, 0.1) is 48.7 Å². The molecule has 8 aromatic heterocycles. The van der Waals surface area contributed by atoms with Gasteiger partial charge in [-0.05, 0) is 183 Å². The summed E-state index contributed by atoms with van der Waals surface area (Å²) in [5.41, 5.74) is 13.9. The van der Waals surface area contributed by atoms with E-state index in [4.69, 9.17) is 0 Å². The molecule has 0 spiro atoms. The van der Waals surface area contributed by atoms with Gasteiger partial charge in [-0.1, -0.05) is 312 Å². The van der Waals surface area contributed by atoms with E-state index in [2.05, 4.69) is 307 Å². The maximum atomic E-state index is 4.26. The summed E-state index contributed by atoms with van der Waals surface area (Å²) in [5, 5.41) is 7.83. The molecular weight excluding hydrogens is 1360 g/mol. The normalized spacial score (nSPS) is 10.6. The summed E-state index contributed by atoms with van der Waals surface area (Å²) in [4.78, 5) is 44.5. The number of hydrogen-bond acceptors (Lipinski definition) is 13. The Morgan fingerprint density at radius 3 is 0.847 bits per heavy atom. The van der Waals surface area contributed by atoms with Crippen LogP contribution in [0.1, 0.15) is 321 Å². The Balaban J connectivity index is -0.000000274. The van der Waals surface area contributed by atoms with Crippen molar-refractivity contribution in [2.24, 2.45) is 48.7 Å². The summed E-state index contributed by atoms with van der Waals surface area (Å²) in [7, 11) is 0. The van der Waals surface area contributed by atoms with Crippen molar-refractivity contribution in [3.63, 3.8) is 0 Å². The number of pyridine rings is 3. The maximum Gasteiger partial charge on any atom is 0.115 e. The van der Waals surface area contributed by atoms with Crippen molar-refractivity contribution in [3.8, 4) is 0 Å². The summed E-state index contributed by atoms with van der Waals surface area (Å²) in [6.07, 6.45) is 37.8. The monoisotopic (exact) mass is 1530 g/mol. The molecule has 13 heteroatoms. The molecule has 0 aliphatic carbocycles. The lowest BCUT2D eigenvalue weighted by Crippen LogP contribution is -2.10. The van der Waals surface area contributed by atoms with Crippen LogP contribution in [0.3, 0.4) is 0 Å². The summed E-state index contributed by atoms with van der Waals surface area (Å²) in [6, 6.07) is 32.8. The van der Waals surface area contributed by atoms with Crippen molar-refractivity contribution in [3.05, 3.63) is 247 Å². The predicted molar refractivity (Wildman–Crippen MR) is 486 cm³/mol. The molecule has 1 aromatic carbocycles. The maximum absolute atomic E-state index is 4.26. The molecule has 9 aromatic rings. The highest BCUT2D eigenvalue weighted by Crippen LogP contribution is 2.25. The van der Waals surface area contributed by atoms with E-state index in [9.17, 15) is 0 Å². The SMILES string of the molecule is CC.CC.CC.CC.CC.CC.CC(C)(C)Cc1ccccc1.CC(C)(C)Cc1ccccn1.CC(C)(C)Cc1cccnc1.CC(C)(C)Cc1cccnn1.CC(C)(C)Cc1ccncc1.CC(C)(C)Cc1ccncn1.CC(C)(C)Cc1ccncn1.CC(C)(C)Cc1cnccn1.CC(C)(C)Cc1cncnc1. The van der Waals surface area contributed by atoms with Gasteiger partial charge in [0.15, 0.2) is 0 Å². The van der Waals surface area contributed by atoms with Gasteiger partial charge in [-0.15, -0.1) is 0 Å². The molecule has 111 heavy (non-hydrogen) atoms. The highest BCUT2D eigenvalue weighted by molar-refractivity contribution is 5.16. The average Bonchev–Trinajstić information content (AvgIpc) is 0.982. The first-order valence-electron chi connectivity index (χ1n) is 41.2. The van der Waals surface area contributed by atoms with Crippen LogP contribution < -0.4 is 0 Å². The number of benzene rings is 1. The fourth-order valence-corrected chi connectivity index (χ4v) is 9.38. The quantitative estimate of drug-likeness (QED) is 0.134. The van der Waals surface area contributed by atoms with Gasteiger partial charge in [0.1, 0.15) is 19.0 Å². The van der Waals surface area contributed by atoms with Crippen LogP contribution in [0.4, 0.5) is 0 Å². The molecule has 0 fully saturated rings. The zero-order valence-electron chi connectivity index (χ0n) is 78.7. The van der Waals surface area contributed by atoms with Gasteiger partial charge in [0.2, 0.25) is 0 Å². The van der Waals surface area contributed by atoms with Gasteiger partial charge in [0.25, 0.3) is 0 Å². The summed E-state index contributed by atoms with van der Waals surface area (Å²) >= 11 is 0. The van der Waals surface area contributed by atoms with Crippen LogP contribution in [0.15, 0.2) is 197 Å². The lowest BCUT2D eigenvalue weighted by molar-refractivity contribution is 0.404. The van der Waals surface area contributed by atoms with Crippen molar-refractivity contribution in [1.82, 2.24) is 65.0 Å². The lowest BCUT2D eigenvalue weighted by Gasteiger charge is -2.17. The highest BCUT2D eigenvalue weighted by atomic mass is 15.1.